The van der Waals surface area contributed by atoms with Gasteiger partial charge in [0.25, 0.3) is 0 Å². The van der Waals surface area contributed by atoms with Gasteiger partial charge in [-0.15, -0.1) is 0 Å². The standard InChI is InChI=1S/C21H35N/c1-5-7-9-20(22-4)15-18-12-17(3)13-19(14-18)16-21(6-2)10-8-11-21/h13,15,17H,5-12,14,16H2,1-4H3/b18-15-,22-20?. The molecule has 0 aromatic heterocycles. The largest absolute Gasteiger partial charge is 0.293 e. The van der Waals surface area contributed by atoms with Gasteiger partial charge in [0.1, 0.15) is 0 Å². The Bertz CT molecular complexity index is 443. The molecule has 0 bridgehead atoms. The van der Waals surface area contributed by atoms with Crippen molar-refractivity contribution in [3.63, 3.8) is 0 Å². The maximum absolute atomic E-state index is 4.51. The molecule has 1 unspecified atom stereocenters. The van der Waals surface area contributed by atoms with Gasteiger partial charge in [-0.25, -0.2) is 0 Å². The molecule has 124 valence electrons. The highest BCUT2D eigenvalue weighted by Gasteiger charge is 2.36. The summed E-state index contributed by atoms with van der Waals surface area (Å²) in [5.41, 5.74) is 5.28. The van der Waals surface area contributed by atoms with E-state index in [-0.39, 0.29) is 0 Å². The second-order valence-electron chi connectivity index (χ2n) is 7.69. The van der Waals surface area contributed by atoms with Crippen LogP contribution in [0.25, 0.3) is 0 Å². The van der Waals surface area contributed by atoms with Crippen LogP contribution in [0.3, 0.4) is 0 Å². The molecular weight excluding hydrogens is 266 g/mol. The molecule has 0 aromatic rings. The fourth-order valence-corrected chi connectivity index (χ4v) is 4.18. The van der Waals surface area contributed by atoms with Gasteiger partial charge < -0.3 is 0 Å². The molecule has 0 spiro atoms. The van der Waals surface area contributed by atoms with E-state index in [4.69, 9.17) is 0 Å². The highest BCUT2D eigenvalue weighted by Crippen LogP contribution is 2.50. The predicted octanol–water partition coefficient (Wildman–Crippen LogP) is 6.50. The van der Waals surface area contributed by atoms with E-state index in [1.54, 1.807) is 11.1 Å². The van der Waals surface area contributed by atoms with E-state index < -0.39 is 0 Å². The minimum absolute atomic E-state index is 0.651. The Kier molecular flexibility index (Phi) is 6.47. The highest BCUT2D eigenvalue weighted by molar-refractivity contribution is 5.95. The number of hydrogen-bond donors (Lipinski definition) is 0. The van der Waals surface area contributed by atoms with Gasteiger partial charge in [-0.2, -0.15) is 0 Å². The van der Waals surface area contributed by atoms with Crippen molar-refractivity contribution in [2.24, 2.45) is 16.3 Å². The topological polar surface area (TPSA) is 12.4 Å². The lowest BCUT2D eigenvalue weighted by atomic mass is 9.62. The van der Waals surface area contributed by atoms with Crippen molar-refractivity contribution in [2.45, 2.75) is 85.0 Å². The Labute approximate surface area is 138 Å². The zero-order chi connectivity index (χ0) is 16.0. The van der Waals surface area contributed by atoms with Crippen LogP contribution in [0.4, 0.5) is 0 Å². The number of nitrogens with zero attached hydrogens (tertiary/aromatic N) is 1. The third kappa shape index (κ3) is 4.57. The normalized spacial score (nSPS) is 26.7. The molecule has 0 N–H and O–H groups in total. The van der Waals surface area contributed by atoms with Crippen molar-refractivity contribution in [2.75, 3.05) is 7.05 Å². The third-order valence-corrected chi connectivity index (χ3v) is 5.77. The summed E-state index contributed by atoms with van der Waals surface area (Å²) in [5, 5.41) is 0. The van der Waals surface area contributed by atoms with E-state index in [0.29, 0.717) is 11.3 Å². The van der Waals surface area contributed by atoms with Crippen molar-refractivity contribution < 1.29 is 0 Å². The van der Waals surface area contributed by atoms with Crippen molar-refractivity contribution in [3.8, 4) is 0 Å². The molecule has 1 heteroatoms. The van der Waals surface area contributed by atoms with Crippen molar-refractivity contribution in [3.05, 3.63) is 23.3 Å². The smallest absolute Gasteiger partial charge is 0.0344 e. The van der Waals surface area contributed by atoms with Gasteiger partial charge in [-0.05, 0) is 62.4 Å². The summed E-state index contributed by atoms with van der Waals surface area (Å²) in [6.07, 6.45) is 18.1. The summed E-state index contributed by atoms with van der Waals surface area (Å²) in [4.78, 5) is 4.51. The molecule has 2 aliphatic rings. The van der Waals surface area contributed by atoms with Gasteiger partial charge >= 0.3 is 0 Å². The van der Waals surface area contributed by atoms with Crippen LogP contribution in [-0.4, -0.2) is 12.8 Å². The monoisotopic (exact) mass is 301 g/mol. The van der Waals surface area contributed by atoms with Crippen LogP contribution in [-0.2, 0) is 0 Å². The highest BCUT2D eigenvalue weighted by atomic mass is 14.7. The second-order valence-corrected chi connectivity index (χ2v) is 7.69. The number of aliphatic imine (C=N–C) groups is 1. The number of unbranched alkanes of at least 4 members (excludes halogenated alkanes) is 1. The van der Waals surface area contributed by atoms with E-state index in [0.717, 1.165) is 6.42 Å². The summed E-state index contributed by atoms with van der Waals surface area (Å²) < 4.78 is 0. The van der Waals surface area contributed by atoms with Gasteiger partial charge in [-0.1, -0.05) is 57.3 Å². The molecule has 1 nitrogen and oxygen atoms in total. The Morgan fingerprint density at radius 1 is 1.36 bits per heavy atom. The zero-order valence-electron chi connectivity index (χ0n) is 15.3. The Morgan fingerprint density at radius 3 is 2.68 bits per heavy atom. The van der Waals surface area contributed by atoms with Crippen LogP contribution in [0.5, 0.6) is 0 Å². The van der Waals surface area contributed by atoms with E-state index in [1.165, 1.54) is 63.5 Å². The summed E-state index contributed by atoms with van der Waals surface area (Å²) in [6.45, 7) is 7.02. The van der Waals surface area contributed by atoms with E-state index in [2.05, 4.69) is 37.9 Å². The number of rotatable bonds is 7. The molecular formula is C21H35N. The predicted molar refractivity (Wildman–Crippen MR) is 98.6 cm³/mol. The van der Waals surface area contributed by atoms with Crippen LogP contribution in [0.2, 0.25) is 0 Å². The van der Waals surface area contributed by atoms with Crippen LogP contribution in [0, 0.1) is 11.3 Å². The van der Waals surface area contributed by atoms with Crippen LogP contribution >= 0.6 is 0 Å². The van der Waals surface area contributed by atoms with Crippen LogP contribution in [0.1, 0.15) is 85.0 Å². The molecule has 0 radical (unpaired) electrons. The SMILES string of the molecule is CCCCC(/C=C1\CC(CC2(CC)CCC2)=CC(C)C1)=NC. The lowest BCUT2D eigenvalue weighted by Gasteiger charge is -2.43. The molecule has 0 aliphatic heterocycles. The fourth-order valence-electron chi connectivity index (χ4n) is 4.18. The van der Waals surface area contributed by atoms with E-state index >= 15 is 0 Å². The number of allylic oxidation sites excluding steroid dienone is 4. The molecule has 0 aromatic carbocycles. The van der Waals surface area contributed by atoms with Gasteiger partial charge in [0.2, 0.25) is 0 Å². The quantitative estimate of drug-likeness (QED) is 0.376. The van der Waals surface area contributed by atoms with Gasteiger partial charge in [-0.3, -0.25) is 4.99 Å². The minimum Gasteiger partial charge on any atom is -0.293 e. The molecule has 22 heavy (non-hydrogen) atoms. The Morgan fingerprint density at radius 2 is 2.14 bits per heavy atom. The summed E-state index contributed by atoms with van der Waals surface area (Å²) in [6, 6.07) is 0. The van der Waals surface area contributed by atoms with Crippen molar-refractivity contribution >= 4 is 5.71 Å². The van der Waals surface area contributed by atoms with Crippen LogP contribution < -0.4 is 0 Å². The minimum atomic E-state index is 0.651. The first kappa shape index (κ1) is 17.5. The van der Waals surface area contributed by atoms with E-state index in [9.17, 15) is 0 Å². The van der Waals surface area contributed by atoms with Crippen molar-refractivity contribution in [1.29, 1.82) is 0 Å². The summed E-state index contributed by atoms with van der Waals surface area (Å²) >= 11 is 0. The Hall–Kier alpha value is -0.850. The summed E-state index contributed by atoms with van der Waals surface area (Å²) in [7, 11) is 1.95. The zero-order valence-corrected chi connectivity index (χ0v) is 15.3. The fraction of sp³-hybridized carbons (Fsp3) is 0.762. The second kappa shape index (κ2) is 8.13. The lowest BCUT2D eigenvalue weighted by molar-refractivity contribution is 0.125. The molecule has 2 aliphatic carbocycles. The van der Waals surface area contributed by atoms with Crippen molar-refractivity contribution in [1.82, 2.24) is 0 Å². The molecule has 1 atom stereocenters. The van der Waals surface area contributed by atoms with E-state index in [1.807, 2.05) is 7.05 Å². The van der Waals surface area contributed by atoms with Gasteiger partial charge in [0, 0.05) is 12.8 Å². The van der Waals surface area contributed by atoms with Gasteiger partial charge in [0.15, 0.2) is 0 Å². The lowest BCUT2D eigenvalue weighted by Crippen LogP contribution is -2.29. The Balaban J connectivity index is 2.02. The first-order valence-corrected chi connectivity index (χ1v) is 9.45. The molecule has 2 rings (SSSR count). The molecule has 0 amide bonds. The maximum atomic E-state index is 4.51. The first-order valence-electron chi connectivity index (χ1n) is 9.45. The first-order chi connectivity index (χ1) is 10.6. The number of hydrogen-bond acceptors (Lipinski definition) is 1. The molecule has 1 saturated carbocycles. The average molecular weight is 302 g/mol. The molecule has 0 saturated heterocycles. The maximum Gasteiger partial charge on any atom is 0.0344 e. The molecule has 0 heterocycles. The van der Waals surface area contributed by atoms with Gasteiger partial charge in [0.05, 0.1) is 0 Å². The third-order valence-electron chi connectivity index (χ3n) is 5.77. The molecule has 1 fully saturated rings. The average Bonchev–Trinajstić information content (AvgIpc) is 2.46. The summed E-state index contributed by atoms with van der Waals surface area (Å²) in [5.74, 6) is 0.702. The van der Waals surface area contributed by atoms with Crippen LogP contribution in [0.15, 0.2) is 28.3 Å².